The van der Waals surface area contributed by atoms with Gasteiger partial charge in [0.2, 0.25) is 5.91 Å². The van der Waals surface area contributed by atoms with Crippen LogP contribution in [-0.4, -0.2) is 45.0 Å². The number of aromatic nitrogens is 2. The van der Waals surface area contributed by atoms with Crippen molar-refractivity contribution in [2.24, 2.45) is 7.05 Å². The molecule has 1 aromatic heterocycles. The van der Waals surface area contributed by atoms with Crippen molar-refractivity contribution < 1.29 is 9.90 Å². The average Bonchev–Trinajstić information content (AvgIpc) is 3.04. The lowest BCUT2D eigenvalue weighted by atomic mass is 9.88. The van der Waals surface area contributed by atoms with Crippen LogP contribution in [0.25, 0.3) is 0 Å². The third-order valence-electron chi connectivity index (χ3n) is 4.76. The van der Waals surface area contributed by atoms with Crippen LogP contribution in [-0.2, 0) is 17.4 Å². The van der Waals surface area contributed by atoms with Gasteiger partial charge in [0, 0.05) is 26.3 Å². The number of hydrogen-bond acceptors (Lipinski definition) is 4. The molecule has 1 unspecified atom stereocenters. The number of aryl methyl sites for hydroxylation is 1. The van der Waals surface area contributed by atoms with Gasteiger partial charge in [0.15, 0.2) is 0 Å². The van der Waals surface area contributed by atoms with Crippen LogP contribution in [0.15, 0.2) is 42.6 Å². The van der Waals surface area contributed by atoms with Crippen LogP contribution in [0.4, 0.5) is 0 Å². The average molecular weight is 345 g/mol. The highest BCUT2D eigenvalue weighted by Crippen LogP contribution is 2.35. The minimum Gasteiger partial charge on any atom is -0.383 e. The van der Waals surface area contributed by atoms with Crippen molar-refractivity contribution >= 4 is 17.7 Å². The molecule has 2 heterocycles. The number of carbonyl (C=O) groups is 1. The van der Waals surface area contributed by atoms with Crippen LogP contribution in [0.3, 0.4) is 0 Å². The highest BCUT2D eigenvalue weighted by atomic mass is 32.2. The fraction of sp³-hybridized carbons (Fsp3) is 0.444. The van der Waals surface area contributed by atoms with Crippen molar-refractivity contribution in [1.29, 1.82) is 0 Å². The molecule has 3 rings (SSSR count). The van der Waals surface area contributed by atoms with Crippen molar-refractivity contribution in [2.45, 2.75) is 23.7 Å². The maximum Gasteiger partial charge on any atom is 0.240 e. The molecule has 1 aliphatic rings. The first-order chi connectivity index (χ1) is 11.5. The number of aliphatic hydroxyl groups is 1. The summed E-state index contributed by atoms with van der Waals surface area (Å²) in [5, 5.41) is 14.9. The van der Waals surface area contributed by atoms with Gasteiger partial charge in [-0.15, -0.1) is 11.8 Å². The summed E-state index contributed by atoms with van der Waals surface area (Å²) in [5.74, 6) is 0.126. The first-order valence-corrected chi connectivity index (χ1v) is 9.41. The number of benzene rings is 1. The Bertz CT molecular complexity index is 693. The number of carbonyl (C=O) groups excluding carboxylic acids is 1. The summed E-state index contributed by atoms with van der Waals surface area (Å²) >= 11 is 1.56. The van der Waals surface area contributed by atoms with Crippen LogP contribution < -0.4 is 0 Å². The van der Waals surface area contributed by atoms with Crippen molar-refractivity contribution in [3.8, 4) is 0 Å². The Hall–Kier alpha value is -1.79. The second-order valence-electron chi connectivity index (χ2n) is 6.22. The monoisotopic (exact) mass is 345 g/mol. The maximum atomic E-state index is 12.9. The van der Waals surface area contributed by atoms with Gasteiger partial charge < -0.3 is 10.0 Å². The van der Waals surface area contributed by atoms with Gasteiger partial charge >= 0.3 is 0 Å². The number of nitrogens with zero attached hydrogens (tertiary/aromatic N) is 3. The quantitative estimate of drug-likeness (QED) is 0.924. The van der Waals surface area contributed by atoms with Crippen LogP contribution >= 0.6 is 11.8 Å². The van der Waals surface area contributed by atoms with E-state index in [1.54, 1.807) is 22.6 Å². The minimum absolute atomic E-state index is 0.126. The zero-order valence-corrected chi connectivity index (χ0v) is 14.9. The van der Waals surface area contributed by atoms with Crippen LogP contribution in [0.2, 0.25) is 0 Å². The van der Waals surface area contributed by atoms with E-state index in [1.807, 2.05) is 54.6 Å². The Morgan fingerprint density at radius 1 is 1.25 bits per heavy atom. The van der Waals surface area contributed by atoms with Gasteiger partial charge in [0.25, 0.3) is 0 Å². The molecule has 0 radical (unpaired) electrons. The maximum absolute atomic E-state index is 12.9. The Labute approximate surface area is 146 Å². The van der Waals surface area contributed by atoms with Crippen molar-refractivity contribution in [1.82, 2.24) is 14.7 Å². The molecule has 5 nitrogen and oxygen atoms in total. The number of amides is 1. The van der Waals surface area contributed by atoms with Crippen LogP contribution in [0.5, 0.6) is 0 Å². The largest absolute Gasteiger partial charge is 0.383 e. The number of likely N-dealkylation sites (tertiary alicyclic amines) is 1. The van der Waals surface area contributed by atoms with Gasteiger partial charge in [0.05, 0.1) is 5.69 Å². The summed E-state index contributed by atoms with van der Waals surface area (Å²) in [7, 11) is 1.84. The van der Waals surface area contributed by atoms with E-state index in [2.05, 4.69) is 5.10 Å². The lowest BCUT2D eigenvalue weighted by molar-refractivity contribution is -0.135. The predicted octanol–water partition coefficient (Wildman–Crippen LogP) is 2.33. The van der Waals surface area contributed by atoms with E-state index in [0.29, 0.717) is 25.9 Å². The Morgan fingerprint density at radius 2 is 1.92 bits per heavy atom. The molecule has 24 heavy (non-hydrogen) atoms. The molecule has 6 heteroatoms. The van der Waals surface area contributed by atoms with Crippen molar-refractivity contribution in [3.05, 3.63) is 53.9 Å². The lowest BCUT2D eigenvalue weighted by Crippen LogP contribution is -2.47. The van der Waals surface area contributed by atoms with Gasteiger partial charge in [-0.1, -0.05) is 30.3 Å². The molecule has 2 aromatic rings. The zero-order chi connectivity index (χ0) is 17.2. The third-order valence-corrected chi connectivity index (χ3v) is 5.71. The predicted molar refractivity (Wildman–Crippen MR) is 95.6 cm³/mol. The van der Waals surface area contributed by atoms with Gasteiger partial charge in [-0.05, 0) is 30.7 Å². The summed E-state index contributed by atoms with van der Waals surface area (Å²) in [5.41, 5.74) is 0.949. The summed E-state index contributed by atoms with van der Waals surface area (Å²) in [4.78, 5) is 14.8. The SMILES string of the molecule is CSC(C(=O)N1CCC(O)(c2ccnn2C)CC1)c1ccccc1. The molecule has 1 fully saturated rings. The summed E-state index contributed by atoms with van der Waals surface area (Å²) in [6.07, 6.45) is 4.73. The second kappa shape index (κ2) is 6.99. The molecular formula is C18H23N3O2S. The van der Waals surface area contributed by atoms with Gasteiger partial charge in [0.1, 0.15) is 10.9 Å². The minimum atomic E-state index is -0.899. The highest BCUT2D eigenvalue weighted by Gasteiger charge is 2.38. The molecule has 1 N–H and O–H groups in total. The van der Waals surface area contributed by atoms with E-state index in [4.69, 9.17) is 0 Å². The van der Waals surface area contributed by atoms with E-state index in [9.17, 15) is 9.90 Å². The van der Waals surface area contributed by atoms with Gasteiger partial charge in [-0.3, -0.25) is 9.48 Å². The fourth-order valence-electron chi connectivity index (χ4n) is 3.36. The molecule has 1 aromatic carbocycles. The Balaban J connectivity index is 1.70. The Kier molecular flexibility index (Phi) is 4.96. The fourth-order valence-corrected chi connectivity index (χ4v) is 4.14. The number of piperidine rings is 1. The van der Waals surface area contributed by atoms with Crippen molar-refractivity contribution in [2.75, 3.05) is 19.3 Å². The molecule has 1 saturated heterocycles. The van der Waals surface area contributed by atoms with Gasteiger partial charge in [-0.25, -0.2) is 0 Å². The highest BCUT2D eigenvalue weighted by molar-refractivity contribution is 7.99. The lowest BCUT2D eigenvalue weighted by Gasteiger charge is -2.39. The molecule has 0 spiro atoms. The summed E-state index contributed by atoms with van der Waals surface area (Å²) in [6, 6.07) is 11.7. The summed E-state index contributed by atoms with van der Waals surface area (Å²) < 4.78 is 1.71. The molecule has 0 bridgehead atoms. The second-order valence-corrected chi connectivity index (χ2v) is 7.17. The van der Waals surface area contributed by atoms with Crippen molar-refractivity contribution in [3.63, 3.8) is 0 Å². The molecule has 1 aliphatic heterocycles. The first-order valence-electron chi connectivity index (χ1n) is 8.12. The normalized spacial score (nSPS) is 18.4. The van der Waals surface area contributed by atoms with E-state index in [-0.39, 0.29) is 11.2 Å². The molecular weight excluding hydrogens is 322 g/mol. The topological polar surface area (TPSA) is 58.4 Å². The number of rotatable bonds is 4. The number of hydrogen-bond donors (Lipinski definition) is 1. The zero-order valence-electron chi connectivity index (χ0n) is 14.1. The number of thioether (sulfide) groups is 1. The van der Waals surface area contributed by atoms with E-state index in [1.165, 1.54) is 0 Å². The smallest absolute Gasteiger partial charge is 0.240 e. The standard InChI is InChI=1S/C18H23N3O2S/c1-20-15(8-11-19-20)18(23)9-12-21(13-10-18)17(22)16(24-2)14-6-4-3-5-7-14/h3-8,11,16,23H,9-10,12-13H2,1-2H3. The Morgan fingerprint density at radius 3 is 2.46 bits per heavy atom. The molecule has 0 aliphatic carbocycles. The van der Waals surface area contributed by atoms with Crippen LogP contribution in [0.1, 0.15) is 29.3 Å². The molecule has 128 valence electrons. The molecule has 0 saturated carbocycles. The van der Waals surface area contributed by atoms with E-state index >= 15 is 0 Å². The third kappa shape index (κ3) is 3.21. The van der Waals surface area contributed by atoms with E-state index in [0.717, 1.165) is 11.3 Å². The molecule has 1 atom stereocenters. The first kappa shape index (κ1) is 17.0. The van der Waals surface area contributed by atoms with Crippen LogP contribution in [0, 0.1) is 0 Å². The van der Waals surface area contributed by atoms with Gasteiger partial charge in [-0.2, -0.15) is 5.10 Å². The molecule has 1 amide bonds. The summed E-state index contributed by atoms with van der Waals surface area (Å²) in [6.45, 7) is 1.12. The van der Waals surface area contributed by atoms with E-state index < -0.39 is 5.60 Å².